The maximum absolute atomic E-state index is 11.3. The summed E-state index contributed by atoms with van der Waals surface area (Å²) in [6.07, 6.45) is 2.05. The number of carbonyl (C=O) groups is 1. The molecule has 0 aromatic carbocycles. The molecule has 23 heavy (non-hydrogen) atoms. The first-order valence-corrected chi connectivity index (χ1v) is 11.5. The van der Waals surface area contributed by atoms with Crippen molar-refractivity contribution in [2.45, 2.75) is 37.6 Å². The molecule has 8 nitrogen and oxygen atoms in total. The number of carbonyl (C=O) groups excluding carboxylic acids is 1. The second-order valence-corrected chi connectivity index (χ2v) is 10.8. The molecule has 3 N–H and O–H groups in total. The molecule has 1 fully saturated rings. The molecular weight excluding hydrogens is 365 g/mol. The molecule has 0 radical (unpaired) electrons. The highest BCUT2D eigenvalue weighted by molar-refractivity contribution is 8.13. The summed E-state index contributed by atoms with van der Waals surface area (Å²) < 4.78 is 42.8. The van der Waals surface area contributed by atoms with E-state index in [-0.39, 0.29) is 17.5 Å². The van der Waals surface area contributed by atoms with Crippen molar-refractivity contribution in [3.05, 3.63) is 0 Å². The zero-order chi connectivity index (χ0) is 17.7. The van der Waals surface area contributed by atoms with E-state index in [9.17, 15) is 17.8 Å². The number of thioether (sulfide) groups is 1. The summed E-state index contributed by atoms with van der Waals surface area (Å²) >= 11 is 1.26. The van der Waals surface area contributed by atoms with E-state index in [2.05, 4.69) is 4.90 Å². The standard InChI is InChI=1S/C12H24NO7PS2/c1-10(14)22-7-3-6-13-5-2-4-11(9-13)8-12(21(15,16)17)23(18,19)20/h11-12H,2-9H2,1H3,(H2,15,16,17)(H,18,19,20). The van der Waals surface area contributed by atoms with Crippen LogP contribution in [0.3, 0.4) is 0 Å². The second-order valence-electron chi connectivity index (χ2n) is 5.80. The van der Waals surface area contributed by atoms with Gasteiger partial charge < -0.3 is 14.7 Å². The molecule has 0 aromatic rings. The molecule has 0 saturated carbocycles. The van der Waals surface area contributed by atoms with E-state index in [1.807, 2.05) is 0 Å². The molecule has 1 rings (SSSR count). The van der Waals surface area contributed by atoms with E-state index in [1.165, 1.54) is 18.7 Å². The lowest BCUT2D eigenvalue weighted by Crippen LogP contribution is -2.38. The lowest BCUT2D eigenvalue weighted by molar-refractivity contribution is -0.109. The Balaban J connectivity index is 2.54. The Morgan fingerprint density at radius 2 is 2.09 bits per heavy atom. The Labute approximate surface area is 140 Å². The molecule has 1 aliphatic heterocycles. The fourth-order valence-electron chi connectivity index (χ4n) is 2.77. The third-order valence-corrected chi connectivity index (χ3v) is 8.14. The van der Waals surface area contributed by atoms with Crippen LogP contribution in [0.5, 0.6) is 0 Å². The summed E-state index contributed by atoms with van der Waals surface area (Å²) in [7, 11) is -9.71. The molecule has 0 aliphatic carbocycles. The van der Waals surface area contributed by atoms with Gasteiger partial charge in [-0.1, -0.05) is 11.8 Å². The molecule has 11 heteroatoms. The largest absolute Gasteiger partial charge is 0.346 e. The molecule has 1 aliphatic rings. The van der Waals surface area contributed by atoms with Crippen molar-refractivity contribution >= 4 is 34.6 Å². The van der Waals surface area contributed by atoms with Gasteiger partial charge >= 0.3 is 7.60 Å². The summed E-state index contributed by atoms with van der Waals surface area (Å²) in [4.78, 5) is 29.2. The van der Waals surface area contributed by atoms with Crippen LogP contribution in [-0.2, 0) is 19.5 Å². The van der Waals surface area contributed by atoms with Crippen molar-refractivity contribution in [3.63, 3.8) is 0 Å². The third-order valence-electron chi connectivity index (χ3n) is 3.78. The zero-order valence-electron chi connectivity index (χ0n) is 13.0. The van der Waals surface area contributed by atoms with Crippen LogP contribution in [0.2, 0.25) is 0 Å². The first-order chi connectivity index (χ1) is 10.5. The molecule has 136 valence electrons. The van der Waals surface area contributed by atoms with Crippen LogP contribution in [0.1, 0.15) is 32.6 Å². The van der Waals surface area contributed by atoms with E-state index in [1.54, 1.807) is 0 Å². The predicted molar refractivity (Wildman–Crippen MR) is 88.9 cm³/mol. The summed E-state index contributed by atoms with van der Waals surface area (Å²) in [5.41, 5.74) is 0. The Bertz CT molecular complexity index is 548. The minimum atomic E-state index is -4.92. The SMILES string of the molecule is CC(=O)SCCCN1CCCC(CC(P(=O)(O)O)S(=O)(=O)O)C1. The van der Waals surface area contributed by atoms with Gasteiger partial charge in [0, 0.05) is 19.2 Å². The van der Waals surface area contributed by atoms with E-state index < -0.39 is 22.7 Å². The maximum atomic E-state index is 11.3. The Hall–Kier alpha value is 0.0400. The van der Waals surface area contributed by atoms with Gasteiger partial charge in [0.2, 0.25) is 0 Å². The third kappa shape index (κ3) is 8.11. The Kier molecular flexibility index (Phi) is 8.19. The van der Waals surface area contributed by atoms with Gasteiger partial charge in [0.05, 0.1) is 0 Å². The van der Waals surface area contributed by atoms with Crippen LogP contribution >= 0.6 is 19.4 Å². The smallest absolute Gasteiger partial charge is 0.323 e. The van der Waals surface area contributed by atoms with Crippen molar-refractivity contribution in [3.8, 4) is 0 Å². The average molecular weight is 389 g/mol. The molecule has 0 aromatic heterocycles. The monoisotopic (exact) mass is 389 g/mol. The Morgan fingerprint density at radius 1 is 1.43 bits per heavy atom. The van der Waals surface area contributed by atoms with Crippen LogP contribution in [0.25, 0.3) is 0 Å². The molecule has 1 saturated heterocycles. The minimum absolute atomic E-state index is 0.0687. The Morgan fingerprint density at radius 3 is 2.61 bits per heavy atom. The predicted octanol–water partition coefficient (Wildman–Crippen LogP) is 1.15. The van der Waals surface area contributed by atoms with Crippen molar-refractivity contribution in [1.29, 1.82) is 0 Å². The second kappa shape index (κ2) is 8.94. The molecular formula is C12H24NO7PS2. The van der Waals surface area contributed by atoms with E-state index in [0.717, 1.165) is 25.9 Å². The van der Waals surface area contributed by atoms with Crippen molar-refractivity contribution in [2.75, 3.05) is 25.4 Å². The van der Waals surface area contributed by atoms with Gasteiger partial charge in [-0.15, -0.1) is 0 Å². The molecule has 0 bridgehead atoms. The zero-order valence-corrected chi connectivity index (χ0v) is 15.5. The van der Waals surface area contributed by atoms with E-state index in [4.69, 9.17) is 14.3 Å². The van der Waals surface area contributed by atoms with Gasteiger partial charge in [-0.3, -0.25) is 13.9 Å². The summed E-state index contributed by atoms with van der Waals surface area (Å²) in [6.45, 7) is 3.65. The number of hydrogen-bond acceptors (Lipinski definition) is 6. The van der Waals surface area contributed by atoms with Gasteiger partial charge in [-0.2, -0.15) is 8.42 Å². The number of nitrogens with zero attached hydrogens (tertiary/aromatic N) is 1. The fourth-order valence-corrected chi connectivity index (χ4v) is 5.81. The van der Waals surface area contributed by atoms with Gasteiger partial charge in [-0.05, 0) is 44.7 Å². The van der Waals surface area contributed by atoms with Crippen LogP contribution in [0.15, 0.2) is 0 Å². The minimum Gasteiger partial charge on any atom is -0.323 e. The molecule has 2 atom stereocenters. The van der Waals surface area contributed by atoms with Crippen molar-refractivity contribution in [2.24, 2.45) is 5.92 Å². The van der Waals surface area contributed by atoms with Gasteiger partial charge in [0.25, 0.3) is 10.1 Å². The number of rotatable bonds is 8. The van der Waals surface area contributed by atoms with Crippen LogP contribution in [0.4, 0.5) is 0 Å². The van der Waals surface area contributed by atoms with Gasteiger partial charge in [-0.25, -0.2) is 0 Å². The first kappa shape index (κ1) is 21.1. The lowest BCUT2D eigenvalue weighted by atomic mass is 9.95. The molecule has 0 spiro atoms. The fraction of sp³-hybridized carbons (Fsp3) is 0.917. The van der Waals surface area contributed by atoms with E-state index >= 15 is 0 Å². The van der Waals surface area contributed by atoms with Gasteiger partial charge in [0.15, 0.2) is 10.1 Å². The number of piperidine rings is 1. The summed E-state index contributed by atoms with van der Waals surface area (Å²) in [6, 6.07) is 0. The highest BCUT2D eigenvalue weighted by Gasteiger charge is 2.41. The first-order valence-electron chi connectivity index (χ1n) is 7.37. The molecule has 2 unspecified atom stereocenters. The van der Waals surface area contributed by atoms with Crippen LogP contribution in [0, 0.1) is 5.92 Å². The highest BCUT2D eigenvalue weighted by Crippen LogP contribution is 2.47. The molecule has 0 amide bonds. The van der Waals surface area contributed by atoms with Crippen molar-refractivity contribution < 1.29 is 32.1 Å². The highest BCUT2D eigenvalue weighted by atomic mass is 32.2. The van der Waals surface area contributed by atoms with E-state index in [0.29, 0.717) is 18.7 Å². The van der Waals surface area contributed by atoms with Gasteiger partial charge in [0.1, 0.15) is 0 Å². The summed E-state index contributed by atoms with van der Waals surface area (Å²) in [5, 5.41) is 0.0687. The van der Waals surface area contributed by atoms with Crippen LogP contribution < -0.4 is 0 Å². The normalized spacial score (nSPS) is 22.0. The van der Waals surface area contributed by atoms with Crippen molar-refractivity contribution in [1.82, 2.24) is 4.90 Å². The molecule has 1 heterocycles. The number of hydrogen-bond donors (Lipinski definition) is 3. The average Bonchev–Trinajstić information content (AvgIpc) is 2.39. The quantitative estimate of drug-likeness (QED) is 0.318. The summed E-state index contributed by atoms with van der Waals surface area (Å²) in [5.74, 6) is 0.524. The van der Waals surface area contributed by atoms with Crippen LogP contribution in [-0.4, -0.2) is 63.2 Å². The lowest BCUT2D eigenvalue weighted by Gasteiger charge is -2.34. The number of likely N-dealkylation sites (tertiary alicyclic amines) is 1. The maximum Gasteiger partial charge on any atom is 0.346 e. The topological polar surface area (TPSA) is 132 Å².